The van der Waals surface area contributed by atoms with Crippen LogP contribution < -0.4 is 5.32 Å². The van der Waals surface area contributed by atoms with Crippen LogP contribution in [0.15, 0.2) is 59.5 Å². The summed E-state index contributed by atoms with van der Waals surface area (Å²) in [6, 6.07) is 17.9. The van der Waals surface area contributed by atoms with Crippen molar-refractivity contribution in [1.82, 2.24) is 20.0 Å². The normalized spacial score (nSPS) is 13.6. The predicted molar refractivity (Wildman–Crippen MR) is 122 cm³/mol. The molecular formula is C24H26N4O2S. The van der Waals surface area contributed by atoms with Gasteiger partial charge in [0, 0.05) is 37.1 Å². The lowest BCUT2D eigenvalue weighted by atomic mass is 10.1. The van der Waals surface area contributed by atoms with E-state index < -0.39 is 0 Å². The number of nitrogens with zero attached hydrogens (tertiary/aromatic N) is 3. The number of amides is 2. The molecule has 0 radical (unpaired) electrons. The molecule has 0 unspecified atom stereocenters. The van der Waals surface area contributed by atoms with Gasteiger partial charge in [0.25, 0.3) is 11.8 Å². The predicted octanol–water partition coefficient (Wildman–Crippen LogP) is 3.89. The molecule has 31 heavy (non-hydrogen) atoms. The fourth-order valence-electron chi connectivity index (χ4n) is 3.74. The van der Waals surface area contributed by atoms with Crippen LogP contribution in [0.4, 0.5) is 0 Å². The molecule has 2 heterocycles. The molecule has 2 amide bonds. The number of nitrogens with one attached hydrogen (secondary N) is 1. The van der Waals surface area contributed by atoms with Crippen molar-refractivity contribution in [3.8, 4) is 0 Å². The molecule has 0 saturated heterocycles. The van der Waals surface area contributed by atoms with Gasteiger partial charge in [-0.25, -0.2) is 0 Å². The maximum Gasteiger partial charge on any atom is 0.272 e. The maximum atomic E-state index is 13.1. The largest absolute Gasteiger partial charge is 0.347 e. The summed E-state index contributed by atoms with van der Waals surface area (Å²) in [6.07, 6.45) is 2.83. The van der Waals surface area contributed by atoms with E-state index in [1.165, 1.54) is 10.5 Å². The standard InChI is InChI=1S/C24H26N4O2S/c1-17-5-3-6-19(13-17)16-27-11-4-12-28-22(24(27)30)14-21(26-28)23(29)25-15-18-7-9-20(31-2)10-8-18/h3,5-10,13-14H,4,11-12,15-16H2,1-2H3,(H,25,29). The molecule has 0 aliphatic carbocycles. The number of rotatable bonds is 6. The maximum absolute atomic E-state index is 13.1. The lowest BCUT2D eigenvalue weighted by Gasteiger charge is -2.20. The van der Waals surface area contributed by atoms with Crippen molar-refractivity contribution in [2.75, 3.05) is 12.8 Å². The summed E-state index contributed by atoms with van der Waals surface area (Å²) in [5, 5.41) is 7.31. The molecule has 1 aromatic heterocycles. The van der Waals surface area contributed by atoms with Gasteiger partial charge in [-0.15, -0.1) is 11.8 Å². The van der Waals surface area contributed by atoms with E-state index in [1.54, 1.807) is 22.5 Å². The Morgan fingerprint density at radius 1 is 1.10 bits per heavy atom. The smallest absolute Gasteiger partial charge is 0.272 e. The van der Waals surface area contributed by atoms with E-state index in [9.17, 15) is 9.59 Å². The first-order valence-corrected chi connectivity index (χ1v) is 11.6. The molecule has 160 valence electrons. The Labute approximate surface area is 186 Å². The first-order chi connectivity index (χ1) is 15.0. The number of aromatic nitrogens is 2. The first kappa shape index (κ1) is 21.2. The molecule has 3 aromatic rings. The molecule has 0 spiro atoms. The van der Waals surface area contributed by atoms with Crippen LogP contribution >= 0.6 is 11.8 Å². The van der Waals surface area contributed by atoms with Crippen molar-refractivity contribution in [1.29, 1.82) is 0 Å². The SMILES string of the molecule is CSc1ccc(CNC(=O)c2cc3n(n2)CCCN(Cc2cccc(C)c2)C3=O)cc1. The molecule has 4 rings (SSSR count). The molecule has 0 fully saturated rings. The molecule has 1 aliphatic rings. The second-order valence-electron chi connectivity index (χ2n) is 7.74. The highest BCUT2D eigenvalue weighted by Crippen LogP contribution is 2.18. The summed E-state index contributed by atoms with van der Waals surface area (Å²) >= 11 is 1.68. The number of aryl methyl sites for hydroxylation is 2. The van der Waals surface area contributed by atoms with E-state index in [-0.39, 0.29) is 17.5 Å². The molecule has 0 bridgehead atoms. The Morgan fingerprint density at radius 3 is 2.65 bits per heavy atom. The third-order valence-corrected chi connectivity index (χ3v) is 6.13. The monoisotopic (exact) mass is 434 g/mol. The van der Waals surface area contributed by atoms with E-state index in [4.69, 9.17) is 0 Å². The van der Waals surface area contributed by atoms with Gasteiger partial charge in [0.15, 0.2) is 5.69 Å². The number of thioether (sulfide) groups is 1. The van der Waals surface area contributed by atoms with Crippen LogP contribution in [0.25, 0.3) is 0 Å². The summed E-state index contributed by atoms with van der Waals surface area (Å²) in [6.45, 7) is 4.31. The zero-order chi connectivity index (χ0) is 21.8. The van der Waals surface area contributed by atoms with Crippen LogP contribution in [0.5, 0.6) is 0 Å². The number of hydrogen-bond acceptors (Lipinski definition) is 4. The summed E-state index contributed by atoms with van der Waals surface area (Å²) in [5.74, 6) is -0.356. The van der Waals surface area contributed by atoms with Gasteiger partial charge >= 0.3 is 0 Å². The highest BCUT2D eigenvalue weighted by atomic mass is 32.2. The number of carbonyl (C=O) groups is 2. The lowest BCUT2D eigenvalue weighted by molar-refractivity contribution is 0.0745. The summed E-state index contributed by atoms with van der Waals surface area (Å²) in [5.41, 5.74) is 4.05. The lowest BCUT2D eigenvalue weighted by Crippen LogP contribution is -2.30. The Balaban J connectivity index is 1.44. The van der Waals surface area contributed by atoms with Gasteiger partial charge in [0.05, 0.1) is 0 Å². The van der Waals surface area contributed by atoms with Crippen LogP contribution in [0.3, 0.4) is 0 Å². The third kappa shape index (κ3) is 4.99. The quantitative estimate of drug-likeness (QED) is 0.598. The summed E-state index contributed by atoms with van der Waals surface area (Å²) in [7, 11) is 0. The Hall–Kier alpha value is -3.06. The minimum Gasteiger partial charge on any atom is -0.347 e. The Morgan fingerprint density at radius 2 is 1.90 bits per heavy atom. The van der Waals surface area contributed by atoms with E-state index in [0.717, 1.165) is 17.5 Å². The average Bonchev–Trinajstić information content (AvgIpc) is 3.15. The fraction of sp³-hybridized carbons (Fsp3) is 0.292. The molecule has 0 atom stereocenters. The Bertz CT molecular complexity index is 1090. The Kier molecular flexibility index (Phi) is 6.42. The molecule has 0 saturated carbocycles. The van der Waals surface area contributed by atoms with Crippen molar-refractivity contribution < 1.29 is 9.59 Å². The van der Waals surface area contributed by atoms with Crippen LogP contribution in [0.1, 0.15) is 44.1 Å². The molecule has 6 nitrogen and oxygen atoms in total. The number of carbonyl (C=O) groups excluding carboxylic acids is 2. The van der Waals surface area contributed by atoms with Gasteiger partial charge < -0.3 is 10.2 Å². The van der Waals surface area contributed by atoms with Gasteiger partial charge in [-0.3, -0.25) is 14.3 Å². The van der Waals surface area contributed by atoms with Gasteiger partial charge in [-0.2, -0.15) is 5.10 Å². The number of fused-ring (bicyclic) bond motifs is 1. The zero-order valence-corrected chi connectivity index (χ0v) is 18.6. The van der Waals surface area contributed by atoms with Crippen LogP contribution in [-0.2, 0) is 19.6 Å². The molecule has 1 N–H and O–H groups in total. The molecule has 1 aliphatic heterocycles. The van der Waals surface area contributed by atoms with Crippen molar-refractivity contribution in [3.05, 3.63) is 82.7 Å². The minimum absolute atomic E-state index is 0.0850. The van der Waals surface area contributed by atoms with Crippen LogP contribution in [0, 0.1) is 6.92 Å². The number of hydrogen-bond donors (Lipinski definition) is 1. The first-order valence-electron chi connectivity index (χ1n) is 10.4. The van der Waals surface area contributed by atoms with Crippen molar-refractivity contribution >= 4 is 23.6 Å². The van der Waals surface area contributed by atoms with Crippen molar-refractivity contribution in [2.45, 2.75) is 37.9 Å². The van der Waals surface area contributed by atoms with Crippen LogP contribution in [0.2, 0.25) is 0 Å². The van der Waals surface area contributed by atoms with Crippen LogP contribution in [-0.4, -0.2) is 39.3 Å². The minimum atomic E-state index is -0.271. The zero-order valence-electron chi connectivity index (χ0n) is 17.8. The van der Waals surface area contributed by atoms with Gasteiger partial charge in [0.1, 0.15) is 5.69 Å². The summed E-state index contributed by atoms with van der Waals surface area (Å²) in [4.78, 5) is 28.8. The fourth-order valence-corrected chi connectivity index (χ4v) is 4.15. The van der Waals surface area contributed by atoms with Crippen molar-refractivity contribution in [2.24, 2.45) is 0 Å². The second kappa shape index (κ2) is 9.39. The average molecular weight is 435 g/mol. The topological polar surface area (TPSA) is 67.2 Å². The highest BCUT2D eigenvalue weighted by Gasteiger charge is 2.26. The molecule has 7 heteroatoms. The number of benzene rings is 2. The van der Waals surface area contributed by atoms with Crippen molar-refractivity contribution in [3.63, 3.8) is 0 Å². The second-order valence-corrected chi connectivity index (χ2v) is 8.62. The van der Waals surface area contributed by atoms with Gasteiger partial charge in [0.2, 0.25) is 0 Å². The van der Waals surface area contributed by atoms with E-state index in [0.29, 0.717) is 31.9 Å². The molecule has 2 aromatic carbocycles. The third-order valence-electron chi connectivity index (χ3n) is 5.38. The molecular weight excluding hydrogens is 408 g/mol. The summed E-state index contributed by atoms with van der Waals surface area (Å²) < 4.78 is 1.67. The highest BCUT2D eigenvalue weighted by molar-refractivity contribution is 7.98. The van der Waals surface area contributed by atoms with E-state index in [1.807, 2.05) is 60.5 Å². The van der Waals surface area contributed by atoms with Gasteiger partial charge in [-0.05, 0) is 42.9 Å². The van der Waals surface area contributed by atoms with E-state index in [2.05, 4.69) is 16.5 Å². The van der Waals surface area contributed by atoms with E-state index >= 15 is 0 Å². The van der Waals surface area contributed by atoms with Gasteiger partial charge in [-0.1, -0.05) is 42.0 Å².